The van der Waals surface area contributed by atoms with Crippen LogP contribution in [-0.4, -0.2) is 49.7 Å². The van der Waals surface area contributed by atoms with Crippen LogP contribution in [-0.2, 0) is 9.53 Å². The third-order valence-corrected chi connectivity index (χ3v) is 2.34. The number of rotatable bonds is 3. The number of ether oxygens (including phenoxy) is 1. The number of amides is 2. The molecule has 1 saturated heterocycles. The van der Waals surface area contributed by atoms with Gasteiger partial charge in [0.25, 0.3) is 0 Å². The second kappa shape index (κ2) is 7.29. The van der Waals surface area contributed by atoms with E-state index in [0.717, 1.165) is 6.42 Å². The fraction of sp³-hybridized carbons (Fsp3) is 0.778. The lowest BCUT2D eigenvalue weighted by Gasteiger charge is -2.16. The summed E-state index contributed by atoms with van der Waals surface area (Å²) in [6, 6.07) is -0.0804. The minimum atomic E-state index is -0.326. The zero-order chi connectivity index (χ0) is 11.3. The molecule has 0 aromatic heterocycles. The summed E-state index contributed by atoms with van der Waals surface area (Å²) < 4.78 is 4.45. The molecule has 16 heavy (non-hydrogen) atoms. The summed E-state index contributed by atoms with van der Waals surface area (Å²) in [5.41, 5.74) is 5.67. The maximum Gasteiger partial charge on any atom is 0.317 e. The topological polar surface area (TPSA) is 84.7 Å². The smallest absolute Gasteiger partial charge is 0.317 e. The maximum atomic E-state index is 11.5. The highest BCUT2D eigenvalue weighted by Gasteiger charge is 2.23. The van der Waals surface area contributed by atoms with Gasteiger partial charge in [-0.3, -0.25) is 4.79 Å². The first-order valence-corrected chi connectivity index (χ1v) is 4.98. The molecule has 1 heterocycles. The number of hydrogen-bond acceptors (Lipinski definition) is 4. The summed E-state index contributed by atoms with van der Waals surface area (Å²) in [4.78, 5) is 23.9. The van der Waals surface area contributed by atoms with Gasteiger partial charge in [0.1, 0.15) is 0 Å². The number of nitrogens with zero attached hydrogens (tertiary/aromatic N) is 1. The van der Waals surface area contributed by atoms with E-state index in [1.807, 2.05) is 0 Å². The first-order valence-electron chi connectivity index (χ1n) is 4.98. The van der Waals surface area contributed by atoms with E-state index in [2.05, 4.69) is 10.1 Å². The van der Waals surface area contributed by atoms with Gasteiger partial charge in [-0.15, -0.1) is 12.4 Å². The molecule has 7 heteroatoms. The fourth-order valence-corrected chi connectivity index (χ4v) is 1.46. The predicted octanol–water partition coefficient (Wildman–Crippen LogP) is -0.286. The van der Waals surface area contributed by atoms with Gasteiger partial charge < -0.3 is 20.7 Å². The fourth-order valence-electron chi connectivity index (χ4n) is 1.46. The number of nitrogens with one attached hydrogen (secondary N) is 1. The number of nitrogens with two attached hydrogens (primary N) is 1. The summed E-state index contributed by atoms with van der Waals surface area (Å²) in [6.45, 7) is 1.58. The summed E-state index contributed by atoms with van der Waals surface area (Å²) >= 11 is 0. The summed E-state index contributed by atoms with van der Waals surface area (Å²) in [5.74, 6) is -0.326. The van der Waals surface area contributed by atoms with Crippen LogP contribution in [0.2, 0.25) is 0 Å². The van der Waals surface area contributed by atoms with Crippen molar-refractivity contribution >= 4 is 24.4 Å². The first kappa shape index (κ1) is 15.0. The van der Waals surface area contributed by atoms with Crippen LogP contribution < -0.4 is 11.1 Å². The highest BCUT2D eigenvalue weighted by atomic mass is 35.5. The van der Waals surface area contributed by atoms with Gasteiger partial charge in [0.05, 0.1) is 13.5 Å². The molecule has 3 N–H and O–H groups in total. The highest BCUT2D eigenvalue weighted by Crippen LogP contribution is 2.06. The molecule has 0 saturated carbocycles. The molecule has 0 aliphatic carbocycles. The normalized spacial score (nSPS) is 18.9. The van der Waals surface area contributed by atoms with Gasteiger partial charge in [0.2, 0.25) is 0 Å². The minimum absolute atomic E-state index is 0. The summed E-state index contributed by atoms with van der Waals surface area (Å²) in [5, 5.41) is 2.64. The number of esters is 1. The molecule has 1 rings (SSSR count). The molecule has 0 spiro atoms. The molecule has 1 aliphatic heterocycles. The Hall–Kier alpha value is -1.01. The highest BCUT2D eigenvalue weighted by molar-refractivity contribution is 5.85. The van der Waals surface area contributed by atoms with Crippen molar-refractivity contribution in [2.24, 2.45) is 5.73 Å². The average Bonchev–Trinajstić information content (AvgIpc) is 2.64. The molecular formula is C9H18ClN3O3. The number of urea groups is 1. The van der Waals surface area contributed by atoms with Crippen molar-refractivity contribution in [3.05, 3.63) is 0 Å². The zero-order valence-electron chi connectivity index (χ0n) is 9.27. The van der Waals surface area contributed by atoms with Crippen LogP contribution in [0.5, 0.6) is 0 Å². The molecule has 0 unspecified atom stereocenters. The van der Waals surface area contributed by atoms with Crippen LogP contribution in [0.4, 0.5) is 4.79 Å². The van der Waals surface area contributed by atoms with Gasteiger partial charge in [0, 0.05) is 25.7 Å². The molecular weight excluding hydrogens is 234 g/mol. The Morgan fingerprint density at radius 2 is 2.25 bits per heavy atom. The first-order chi connectivity index (χ1) is 7.13. The predicted molar refractivity (Wildman–Crippen MR) is 61.4 cm³/mol. The number of likely N-dealkylation sites (tertiary alicyclic amines) is 1. The Balaban J connectivity index is 0.00000225. The van der Waals surface area contributed by atoms with Crippen molar-refractivity contribution in [1.29, 1.82) is 0 Å². The van der Waals surface area contributed by atoms with E-state index in [1.54, 1.807) is 4.90 Å². The van der Waals surface area contributed by atoms with Gasteiger partial charge in [-0.1, -0.05) is 0 Å². The lowest BCUT2D eigenvalue weighted by molar-refractivity contribution is -0.140. The molecule has 0 radical (unpaired) electrons. The van der Waals surface area contributed by atoms with E-state index in [4.69, 9.17) is 5.73 Å². The van der Waals surface area contributed by atoms with Crippen LogP contribution >= 0.6 is 12.4 Å². The maximum absolute atomic E-state index is 11.5. The molecule has 1 atom stereocenters. The molecule has 1 fully saturated rings. The van der Waals surface area contributed by atoms with Gasteiger partial charge in [-0.05, 0) is 6.42 Å². The van der Waals surface area contributed by atoms with Gasteiger partial charge in [-0.2, -0.15) is 0 Å². The third kappa shape index (κ3) is 4.67. The molecule has 2 amide bonds. The van der Waals surface area contributed by atoms with Crippen molar-refractivity contribution in [1.82, 2.24) is 10.2 Å². The third-order valence-electron chi connectivity index (χ3n) is 2.34. The van der Waals surface area contributed by atoms with Crippen LogP contribution in [0.1, 0.15) is 12.8 Å². The molecule has 1 aliphatic rings. The Bertz CT molecular complexity index is 250. The molecule has 0 aromatic carbocycles. The van der Waals surface area contributed by atoms with Crippen LogP contribution in [0.3, 0.4) is 0 Å². The van der Waals surface area contributed by atoms with Crippen LogP contribution in [0.15, 0.2) is 0 Å². The molecule has 0 bridgehead atoms. The van der Waals surface area contributed by atoms with Crippen molar-refractivity contribution in [3.63, 3.8) is 0 Å². The van der Waals surface area contributed by atoms with E-state index in [9.17, 15) is 9.59 Å². The number of carbonyl (C=O) groups is 2. The van der Waals surface area contributed by atoms with Crippen LogP contribution in [0, 0.1) is 0 Å². The monoisotopic (exact) mass is 251 g/mol. The largest absolute Gasteiger partial charge is 0.469 e. The Morgan fingerprint density at radius 3 is 2.75 bits per heavy atom. The van der Waals surface area contributed by atoms with Crippen molar-refractivity contribution < 1.29 is 14.3 Å². The quantitative estimate of drug-likeness (QED) is 0.676. The Labute approximate surface area is 101 Å². The Kier molecular flexibility index (Phi) is 6.83. The summed E-state index contributed by atoms with van der Waals surface area (Å²) in [6.07, 6.45) is 1.03. The van der Waals surface area contributed by atoms with E-state index in [0.29, 0.717) is 19.6 Å². The number of carbonyl (C=O) groups excluding carboxylic acids is 2. The van der Waals surface area contributed by atoms with E-state index in [-0.39, 0.29) is 36.9 Å². The number of halogens is 1. The van der Waals surface area contributed by atoms with Gasteiger partial charge in [-0.25, -0.2) is 4.79 Å². The lowest BCUT2D eigenvalue weighted by atomic mass is 10.3. The lowest BCUT2D eigenvalue weighted by Crippen LogP contribution is -2.40. The molecule has 6 nitrogen and oxygen atoms in total. The van der Waals surface area contributed by atoms with E-state index in [1.165, 1.54) is 7.11 Å². The average molecular weight is 252 g/mol. The van der Waals surface area contributed by atoms with Crippen LogP contribution in [0.25, 0.3) is 0 Å². The van der Waals surface area contributed by atoms with E-state index >= 15 is 0 Å². The van der Waals surface area contributed by atoms with Crippen molar-refractivity contribution in [2.45, 2.75) is 18.9 Å². The van der Waals surface area contributed by atoms with Gasteiger partial charge in [0.15, 0.2) is 0 Å². The second-order valence-electron chi connectivity index (χ2n) is 3.55. The minimum Gasteiger partial charge on any atom is -0.469 e. The standard InChI is InChI=1S/C9H17N3O3.ClH/c1-15-8(13)2-4-11-9(14)12-5-3-7(10)6-12;/h7H,2-6,10H2,1H3,(H,11,14);1H/t7-;/m1./s1. The van der Waals surface area contributed by atoms with Crippen molar-refractivity contribution in [2.75, 3.05) is 26.7 Å². The second-order valence-corrected chi connectivity index (χ2v) is 3.55. The zero-order valence-corrected chi connectivity index (χ0v) is 10.1. The SMILES string of the molecule is COC(=O)CCNC(=O)N1CC[C@@H](N)C1.Cl. The summed E-state index contributed by atoms with van der Waals surface area (Å²) in [7, 11) is 1.32. The van der Waals surface area contributed by atoms with E-state index < -0.39 is 0 Å². The van der Waals surface area contributed by atoms with Gasteiger partial charge >= 0.3 is 12.0 Å². The Morgan fingerprint density at radius 1 is 1.56 bits per heavy atom. The number of methoxy groups -OCH3 is 1. The molecule has 94 valence electrons. The number of hydrogen-bond donors (Lipinski definition) is 2. The van der Waals surface area contributed by atoms with Crippen molar-refractivity contribution in [3.8, 4) is 0 Å². The molecule has 0 aromatic rings.